The SMILES string of the molecule is COc1cc([C@H]2c3sc(=O)[nH]c3SC3C2[C@H]2C[C@@H]3C3C(=O)N(c4ccc(F)cc4)C(=O)C32)ccc1OCC(=O)N1CCCCC1. The van der Waals surface area contributed by atoms with Gasteiger partial charge in [0.05, 0.1) is 29.7 Å². The average Bonchev–Trinajstić information content (AvgIpc) is 3.79. The number of nitrogens with one attached hydrogen (secondary N) is 1. The zero-order valence-electron chi connectivity index (χ0n) is 24.6. The number of anilines is 1. The average molecular weight is 650 g/mol. The van der Waals surface area contributed by atoms with Gasteiger partial charge in [0.1, 0.15) is 5.82 Å². The monoisotopic (exact) mass is 649 g/mol. The molecule has 0 spiro atoms. The Labute approximate surface area is 267 Å². The number of imide groups is 1. The molecule has 8 rings (SSSR count). The van der Waals surface area contributed by atoms with Gasteiger partial charge in [0, 0.05) is 29.1 Å². The summed E-state index contributed by atoms with van der Waals surface area (Å²) in [4.78, 5) is 60.0. The number of aromatic nitrogens is 1. The Balaban J connectivity index is 1.11. The fraction of sp³-hybridized carbons (Fsp3) is 0.455. The highest BCUT2D eigenvalue weighted by atomic mass is 32.2. The number of hydrogen-bond acceptors (Lipinski definition) is 8. The number of thioether (sulfide) groups is 1. The predicted molar refractivity (Wildman–Crippen MR) is 166 cm³/mol. The van der Waals surface area contributed by atoms with E-state index in [-0.39, 0.29) is 58.1 Å². The summed E-state index contributed by atoms with van der Waals surface area (Å²) in [5.74, 6) is -1.10. The van der Waals surface area contributed by atoms with Crippen LogP contribution in [-0.4, -0.2) is 59.7 Å². The number of carbonyl (C=O) groups excluding carboxylic acids is 3. The van der Waals surface area contributed by atoms with E-state index in [0.717, 1.165) is 54.2 Å². The van der Waals surface area contributed by atoms with Gasteiger partial charge in [-0.1, -0.05) is 17.4 Å². The molecule has 3 aromatic rings. The number of halogens is 1. The highest BCUT2D eigenvalue weighted by Gasteiger charge is 2.69. The molecule has 2 bridgehead atoms. The molecular weight excluding hydrogens is 618 g/mol. The molecule has 12 heteroatoms. The Hall–Kier alpha value is -3.64. The normalized spacial score (nSPS) is 29.9. The molecule has 4 unspecified atom stereocenters. The highest BCUT2D eigenvalue weighted by Crippen LogP contribution is 2.68. The van der Waals surface area contributed by atoms with E-state index in [1.54, 1.807) is 18.9 Å². The number of benzene rings is 2. The summed E-state index contributed by atoms with van der Waals surface area (Å²) in [6, 6.07) is 11.2. The van der Waals surface area contributed by atoms with Crippen LogP contribution >= 0.6 is 23.1 Å². The summed E-state index contributed by atoms with van der Waals surface area (Å²) in [6.07, 6.45) is 3.91. The topological polar surface area (TPSA) is 109 Å². The summed E-state index contributed by atoms with van der Waals surface area (Å²) < 4.78 is 25.3. The zero-order chi connectivity index (χ0) is 31.0. The first-order valence-electron chi connectivity index (χ1n) is 15.5. The molecule has 45 heavy (non-hydrogen) atoms. The zero-order valence-corrected chi connectivity index (χ0v) is 26.2. The summed E-state index contributed by atoms with van der Waals surface area (Å²) in [6.45, 7) is 1.43. The molecular formula is C33H32FN3O6S2. The quantitative estimate of drug-likeness (QED) is 0.387. The minimum atomic E-state index is -0.459. The minimum absolute atomic E-state index is 0.0160. The van der Waals surface area contributed by atoms with Crippen LogP contribution in [0.1, 0.15) is 42.0 Å². The van der Waals surface area contributed by atoms with Crippen molar-refractivity contribution in [1.29, 1.82) is 0 Å². The van der Waals surface area contributed by atoms with Crippen LogP contribution < -0.4 is 19.2 Å². The van der Waals surface area contributed by atoms with Gasteiger partial charge >= 0.3 is 4.87 Å². The maximum Gasteiger partial charge on any atom is 0.305 e. The van der Waals surface area contributed by atoms with E-state index < -0.39 is 17.7 Å². The van der Waals surface area contributed by atoms with Crippen LogP contribution in [-0.2, 0) is 14.4 Å². The van der Waals surface area contributed by atoms with Gasteiger partial charge < -0.3 is 19.4 Å². The Kier molecular flexibility index (Phi) is 7.05. The Morgan fingerprint density at radius 2 is 1.71 bits per heavy atom. The molecule has 3 aliphatic heterocycles. The maximum atomic E-state index is 13.9. The lowest BCUT2D eigenvalue weighted by Crippen LogP contribution is -2.42. The van der Waals surface area contributed by atoms with Crippen molar-refractivity contribution in [2.75, 3.05) is 31.7 Å². The number of aromatic amines is 1. The molecule has 2 saturated carbocycles. The van der Waals surface area contributed by atoms with Crippen molar-refractivity contribution >= 4 is 46.5 Å². The number of piperidine rings is 1. The lowest BCUT2D eigenvalue weighted by atomic mass is 9.68. The van der Waals surface area contributed by atoms with Crippen LogP contribution in [0, 0.1) is 35.4 Å². The molecule has 234 valence electrons. The molecule has 3 amide bonds. The second-order valence-corrected chi connectivity index (χ2v) is 14.8. The Bertz CT molecular complexity index is 1750. The fourth-order valence-electron chi connectivity index (χ4n) is 8.61. The number of H-pyrrole nitrogens is 1. The Morgan fingerprint density at radius 3 is 2.44 bits per heavy atom. The number of methoxy groups -OCH3 is 1. The third-order valence-corrected chi connectivity index (χ3v) is 13.0. The third kappa shape index (κ3) is 4.54. The predicted octanol–water partition coefficient (Wildman–Crippen LogP) is 4.65. The van der Waals surface area contributed by atoms with E-state index in [1.807, 2.05) is 23.1 Å². The number of fused-ring (bicyclic) bond motifs is 9. The van der Waals surface area contributed by atoms with Crippen molar-refractivity contribution in [2.45, 2.75) is 41.9 Å². The molecule has 1 N–H and O–H groups in total. The second-order valence-electron chi connectivity index (χ2n) is 12.6. The van der Waals surface area contributed by atoms with E-state index in [1.165, 1.54) is 40.5 Å². The number of rotatable bonds is 6. The van der Waals surface area contributed by atoms with Crippen molar-refractivity contribution in [3.05, 3.63) is 68.4 Å². The van der Waals surface area contributed by atoms with Crippen molar-refractivity contribution < 1.29 is 28.2 Å². The first-order chi connectivity index (χ1) is 21.8. The largest absolute Gasteiger partial charge is 0.493 e. The molecule has 1 aromatic heterocycles. The Morgan fingerprint density at radius 1 is 0.978 bits per heavy atom. The number of thiazole rings is 1. The highest BCUT2D eigenvalue weighted by molar-refractivity contribution is 8.00. The van der Waals surface area contributed by atoms with Crippen molar-refractivity contribution in [3.63, 3.8) is 0 Å². The van der Waals surface area contributed by atoms with E-state index in [2.05, 4.69) is 4.98 Å². The van der Waals surface area contributed by atoms with Gasteiger partial charge in [0.25, 0.3) is 5.91 Å². The standard InChI is InChI=1S/C33H32FN3O6S2/c1-42-22-13-16(5-10-21(22)43-15-23(38)36-11-3-2-4-12-36)24-25-19-14-20(28(25)44-30-29(24)45-33(41)35-30)27-26(19)31(39)37(32(27)40)18-8-6-17(34)7-9-18/h5-10,13,19-20,24-28H,2-4,11-12,14-15H2,1H3,(H,35,41)/t19-,20-,24-,25?,26?,27?,28?/m1/s1. The van der Waals surface area contributed by atoms with Crippen LogP contribution in [0.3, 0.4) is 0 Å². The molecule has 2 aliphatic carbocycles. The molecule has 0 radical (unpaired) electrons. The second kappa shape index (κ2) is 11.0. The fourth-order valence-corrected chi connectivity index (χ4v) is 11.5. The molecule has 2 saturated heterocycles. The van der Waals surface area contributed by atoms with Gasteiger partial charge in [-0.25, -0.2) is 4.39 Å². The first kappa shape index (κ1) is 28.8. The van der Waals surface area contributed by atoms with E-state index in [0.29, 0.717) is 17.2 Å². The van der Waals surface area contributed by atoms with Crippen LogP contribution in [0.25, 0.3) is 0 Å². The smallest absolute Gasteiger partial charge is 0.305 e. The number of likely N-dealkylation sites (tertiary alicyclic amines) is 1. The summed E-state index contributed by atoms with van der Waals surface area (Å²) in [5.41, 5.74) is 1.33. The van der Waals surface area contributed by atoms with Crippen molar-refractivity contribution in [1.82, 2.24) is 9.88 Å². The van der Waals surface area contributed by atoms with Gasteiger partial charge in [-0.3, -0.25) is 24.1 Å². The lowest BCUT2D eigenvalue weighted by Gasteiger charge is -2.43. The number of hydrogen-bond donors (Lipinski definition) is 1. The van der Waals surface area contributed by atoms with E-state index in [9.17, 15) is 23.6 Å². The minimum Gasteiger partial charge on any atom is -0.493 e. The van der Waals surface area contributed by atoms with Crippen LogP contribution in [0.5, 0.6) is 11.5 Å². The lowest BCUT2D eigenvalue weighted by molar-refractivity contribution is -0.134. The molecule has 4 heterocycles. The van der Waals surface area contributed by atoms with E-state index >= 15 is 0 Å². The van der Waals surface area contributed by atoms with Gasteiger partial charge in [0.15, 0.2) is 18.1 Å². The molecule has 9 nitrogen and oxygen atoms in total. The van der Waals surface area contributed by atoms with Gasteiger partial charge in [-0.05, 0) is 85.4 Å². The van der Waals surface area contributed by atoms with Crippen molar-refractivity contribution in [2.24, 2.45) is 29.6 Å². The number of nitrogens with zero attached hydrogens (tertiary/aromatic N) is 2. The molecule has 5 aliphatic rings. The number of amides is 3. The van der Waals surface area contributed by atoms with Gasteiger partial charge in [-0.15, -0.1) is 11.8 Å². The summed E-state index contributed by atoms with van der Waals surface area (Å²) in [7, 11) is 1.56. The maximum absolute atomic E-state index is 13.9. The van der Waals surface area contributed by atoms with Crippen LogP contribution in [0.15, 0.2) is 52.3 Å². The summed E-state index contributed by atoms with van der Waals surface area (Å²) in [5, 5.41) is 0.854. The first-order valence-corrected chi connectivity index (χ1v) is 17.1. The van der Waals surface area contributed by atoms with Gasteiger partial charge in [0.2, 0.25) is 11.8 Å². The number of ether oxygens (including phenoxy) is 2. The molecule has 7 atom stereocenters. The number of carbonyl (C=O) groups is 3. The summed E-state index contributed by atoms with van der Waals surface area (Å²) >= 11 is 2.81. The molecule has 4 fully saturated rings. The van der Waals surface area contributed by atoms with Crippen molar-refractivity contribution in [3.8, 4) is 11.5 Å². The third-order valence-electron chi connectivity index (χ3n) is 10.4. The molecule has 2 aromatic carbocycles. The van der Waals surface area contributed by atoms with Crippen LogP contribution in [0.2, 0.25) is 0 Å². The van der Waals surface area contributed by atoms with Crippen LogP contribution in [0.4, 0.5) is 10.1 Å². The van der Waals surface area contributed by atoms with Gasteiger partial charge in [-0.2, -0.15) is 0 Å². The van der Waals surface area contributed by atoms with E-state index in [4.69, 9.17) is 9.47 Å².